The van der Waals surface area contributed by atoms with Crippen LogP contribution in [0.2, 0.25) is 0 Å². The Morgan fingerprint density at radius 3 is 3.00 bits per heavy atom. The zero-order valence-electron chi connectivity index (χ0n) is 8.64. The van der Waals surface area contributed by atoms with Gasteiger partial charge in [0.05, 0.1) is 0 Å². The fourth-order valence-corrected chi connectivity index (χ4v) is 1.66. The Labute approximate surface area is 87.2 Å². The molecule has 0 radical (unpaired) electrons. The fourth-order valence-electron chi connectivity index (χ4n) is 1.66. The zero-order chi connectivity index (χ0) is 11.0. The molecule has 0 bridgehead atoms. The summed E-state index contributed by atoms with van der Waals surface area (Å²) in [6.45, 7) is 3.60. The van der Waals surface area contributed by atoms with Crippen LogP contribution in [0.4, 0.5) is 0 Å². The molecule has 15 heavy (non-hydrogen) atoms. The van der Waals surface area contributed by atoms with Crippen molar-refractivity contribution >= 4 is 17.0 Å². The number of rotatable bonds is 2. The normalized spacial score (nSPS) is 12.9. The third-order valence-electron chi connectivity index (χ3n) is 2.56. The van der Waals surface area contributed by atoms with Gasteiger partial charge in [-0.15, -0.1) is 0 Å². The summed E-state index contributed by atoms with van der Waals surface area (Å²) >= 11 is 0. The lowest BCUT2D eigenvalue weighted by atomic mass is 10.2. The summed E-state index contributed by atoms with van der Waals surface area (Å²) in [6, 6.07) is 3.21. The highest BCUT2D eigenvalue weighted by Gasteiger charge is 2.16. The summed E-state index contributed by atoms with van der Waals surface area (Å²) in [5.41, 5.74) is 1.77. The van der Waals surface area contributed by atoms with Crippen molar-refractivity contribution in [3.8, 4) is 0 Å². The lowest BCUT2D eigenvalue weighted by Gasteiger charge is -2.08. The molecule has 0 spiro atoms. The molecule has 1 atom stereocenters. The lowest BCUT2D eigenvalue weighted by Crippen LogP contribution is -2.14. The largest absolute Gasteiger partial charge is 0.480 e. The van der Waals surface area contributed by atoms with Crippen molar-refractivity contribution in [2.45, 2.75) is 19.9 Å². The van der Waals surface area contributed by atoms with Crippen LogP contribution in [0, 0.1) is 6.92 Å². The van der Waals surface area contributed by atoms with Crippen LogP contribution in [0.15, 0.2) is 24.5 Å². The summed E-state index contributed by atoms with van der Waals surface area (Å²) in [5.74, 6) is -0.849. The van der Waals surface area contributed by atoms with Gasteiger partial charge in [-0.2, -0.15) is 0 Å². The molecule has 0 aliphatic heterocycles. The third-order valence-corrected chi connectivity index (χ3v) is 2.56. The topological polar surface area (TPSA) is 55.1 Å². The van der Waals surface area contributed by atoms with Crippen molar-refractivity contribution < 1.29 is 9.90 Å². The minimum atomic E-state index is -0.849. The Balaban J connectivity index is 2.67. The molecule has 0 saturated heterocycles. The van der Waals surface area contributed by atoms with E-state index in [9.17, 15) is 4.79 Å². The van der Waals surface area contributed by atoms with Gasteiger partial charge >= 0.3 is 5.97 Å². The molecule has 1 unspecified atom stereocenters. The molecule has 1 N–H and O–H groups in total. The predicted octanol–water partition coefficient (Wildman–Crippen LogP) is 1.99. The monoisotopic (exact) mass is 204 g/mol. The summed E-state index contributed by atoms with van der Waals surface area (Å²) < 4.78 is 1.69. The van der Waals surface area contributed by atoms with Gasteiger partial charge in [-0.25, -0.2) is 9.78 Å². The second-order valence-electron chi connectivity index (χ2n) is 3.61. The number of carboxylic acid groups (broad SMARTS) is 1. The molecular weight excluding hydrogens is 192 g/mol. The van der Waals surface area contributed by atoms with Crippen molar-refractivity contribution in [2.75, 3.05) is 0 Å². The standard InChI is InChI=1S/C11H12N2O2/c1-7-6-13(8(2)11(14)15)10-9(7)4-3-5-12-10/h3-6,8H,1-2H3,(H,14,15). The molecule has 2 heterocycles. The fraction of sp³-hybridized carbons (Fsp3) is 0.273. The average molecular weight is 204 g/mol. The Bertz CT molecular complexity index is 516. The van der Waals surface area contributed by atoms with Gasteiger partial charge in [-0.1, -0.05) is 0 Å². The number of pyridine rings is 1. The molecule has 2 aromatic rings. The molecular formula is C11H12N2O2. The van der Waals surface area contributed by atoms with Gasteiger partial charge in [0, 0.05) is 17.8 Å². The molecule has 78 valence electrons. The first-order chi connectivity index (χ1) is 7.11. The number of nitrogens with zero attached hydrogens (tertiary/aromatic N) is 2. The average Bonchev–Trinajstić information content (AvgIpc) is 2.56. The van der Waals surface area contributed by atoms with E-state index in [1.165, 1.54) is 0 Å². The van der Waals surface area contributed by atoms with Crippen LogP contribution in [-0.2, 0) is 4.79 Å². The van der Waals surface area contributed by atoms with Crippen molar-refractivity contribution in [3.63, 3.8) is 0 Å². The van der Waals surface area contributed by atoms with E-state index in [2.05, 4.69) is 4.98 Å². The minimum Gasteiger partial charge on any atom is -0.480 e. The Morgan fingerprint density at radius 1 is 1.60 bits per heavy atom. The number of carboxylic acids is 1. The highest BCUT2D eigenvalue weighted by molar-refractivity contribution is 5.82. The van der Waals surface area contributed by atoms with Crippen molar-refractivity contribution in [2.24, 2.45) is 0 Å². The van der Waals surface area contributed by atoms with E-state index in [1.807, 2.05) is 25.3 Å². The number of aromatic nitrogens is 2. The summed E-state index contributed by atoms with van der Waals surface area (Å²) in [4.78, 5) is 15.1. The molecule has 0 aromatic carbocycles. The smallest absolute Gasteiger partial charge is 0.326 e. The first kappa shape index (κ1) is 9.71. The maximum atomic E-state index is 10.9. The van der Waals surface area contributed by atoms with Gasteiger partial charge in [0.15, 0.2) is 0 Å². The first-order valence-corrected chi connectivity index (χ1v) is 4.76. The number of aliphatic carboxylic acids is 1. The second-order valence-corrected chi connectivity index (χ2v) is 3.61. The highest BCUT2D eigenvalue weighted by Crippen LogP contribution is 2.21. The number of hydrogen-bond acceptors (Lipinski definition) is 2. The number of hydrogen-bond donors (Lipinski definition) is 1. The van der Waals surface area contributed by atoms with Crippen LogP contribution in [0.1, 0.15) is 18.5 Å². The van der Waals surface area contributed by atoms with E-state index in [4.69, 9.17) is 5.11 Å². The van der Waals surface area contributed by atoms with Crippen LogP contribution >= 0.6 is 0 Å². The van der Waals surface area contributed by atoms with Crippen LogP contribution < -0.4 is 0 Å². The minimum absolute atomic E-state index is 0.587. The first-order valence-electron chi connectivity index (χ1n) is 4.76. The van der Waals surface area contributed by atoms with E-state index >= 15 is 0 Å². The number of fused-ring (bicyclic) bond motifs is 1. The molecule has 0 aliphatic carbocycles. The maximum Gasteiger partial charge on any atom is 0.326 e. The lowest BCUT2D eigenvalue weighted by molar-refractivity contribution is -0.140. The van der Waals surface area contributed by atoms with E-state index in [0.717, 1.165) is 16.6 Å². The van der Waals surface area contributed by atoms with E-state index in [1.54, 1.807) is 17.7 Å². The quantitative estimate of drug-likeness (QED) is 0.813. The summed E-state index contributed by atoms with van der Waals surface area (Å²) in [5, 5.41) is 9.96. The Hall–Kier alpha value is -1.84. The van der Waals surface area contributed by atoms with E-state index < -0.39 is 12.0 Å². The highest BCUT2D eigenvalue weighted by atomic mass is 16.4. The van der Waals surface area contributed by atoms with Crippen LogP contribution in [0.25, 0.3) is 11.0 Å². The number of aryl methyl sites for hydroxylation is 1. The van der Waals surface area contributed by atoms with Gasteiger partial charge in [-0.05, 0) is 31.5 Å². The Kier molecular flexibility index (Phi) is 2.19. The van der Waals surface area contributed by atoms with E-state index in [-0.39, 0.29) is 0 Å². The van der Waals surface area contributed by atoms with Crippen LogP contribution in [0.5, 0.6) is 0 Å². The molecule has 2 aromatic heterocycles. The van der Waals surface area contributed by atoms with Crippen LogP contribution in [0.3, 0.4) is 0 Å². The predicted molar refractivity (Wildman–Crippen MR) is 56.8 cm³/mol. The zero-order valence-corrected chi connectivity index (χ0v) is 8.64. The van der Waals surface area contributed by atoms with Crippen molar-refractivity contribution in [1.29, 1.82) is 0 Å². The van der Waals surface area contributed by atoms with E-state index in [0.29, 0.717) is 0 Å². The molecule has 0 fully saturated rings. The Morgan fingerprint density at radius 2 is 2.33 bits per heavy atom. The van der Waals surface area contributed by atoms with Crippen molar-refractivity contribution in [1.82, 2.24) is 9.55 Å². The van der Waals surface area contributed by atoms with Gasteiger partial charge in [0.25, 0.3) is 0 Å². The summed E-state index contributed by atoms with van der Waals surface area (Å²) in [6.07, 6.45) is 3.50. The maximum absolute atomic E-state index is 10.9. The molecule has 2 rings (SSSR count). The SMILES string of the molecule is Cc1cn(C(C)C(=O)O)c2ncccc12. The molecule has 4 nitrogen and oxygen atoms in total. The van der Waals surface area contributed by atoms with Gasteiger partial charge < -0.3 is 9.67 Å². The summed E-state index contributed by atoms with van der Waals surface area (Å²) in [7, 11) is 0. The number of carbonyl (C=O) groups is 1. The van der Waals surface area contributed by atoms with Gasteiger partial charge in [-0.3, -0.25) is 0 Å². The molecule has 0 amide bonds. The van der Waals surface area contributed by atoms with Crippen molar-refractivity contribution in [3.05, 3.63) is 30.1 Å². The second kappa shape index (κ2) is 3.38. The molecule has 4 heteroatoms. The molecule has 0 saturated carbocycles. The molecule has 0 aliphatic rings. The van der Waals surface area contributed by atoms with Crippen LogP contribution in [-0.4, -0.2) is 20.6 Å². The van der Waals surface area contributed by atoms with Gasteiger partial charge in [0.2, 0.25) is 0 Å². The van der Waals surface area contributed by atoms with Gasteiger partial charge in [0.1, 0.15) is 11.7 Å². The third kappa shape index (κ3) is 1.48.